The van der Waals surface area contributed by atoms with Gasteiger partial charge in [-0.2, -0.15) is 0 Å². The van der Waals surface area contributed by atoms with Crippen molar-refractivity contribution in [3.63, 3.8) is 0 Å². The third-order valence-corrected chi connectivity index (χ3v) is 2.70. The number of methoxy groups -OCH3 is 1. The number of nitrogens with one attached hydrogen (secondary N) is 1. The Morgan fingerprint density at radius 3 is 2.59 bits per heavy atom. The van der Waals surface area contributed by atoms with Crippen molar-refractivity contribution in [2.24, 2.45) is 5.73 Å². The van der Waals surface area contributed by atoms with Gasteiger partial charge in [-0.3, -0.25) is 0 Å². The molecule has 0 aliphatic rings. The van der Waals surface area contributed by atoms with Gasteiger partial charge in [0.15, 0.2) is 0 Å². The summed E-state index contributed by atoms with van der Waals surface area (Å²) in [6, 6.07) is 5.98. The molecule has 0 spiro atoms. The Morgan fingerprint density at radius 2 is 2.12 bits per heavy atom. The fraction of sp³-hybridized carbons (Fsp3) is 0.462. The van der Waals surface area contributed by atoms with E-state index in [4.69, 9.17) is 22.7 Å². The highest BCUT2D eigenvalue weighted by Crippen LogP contribution is 2.19. The predicted molar refractivity (Wildman–Crippen MR) is 76.6 cm³/mol. The van der Waals surface area contributed by atoms with Crippen molar-refractivity contribution in [2.75, 3.05) is 19.0 Å². The van der Waals surface area contributed by atoms with Crippen molar-refractivity contribution in [3.8, 4) is 0 Å². The van der Waals surface area contributed by atoms with Crippen LogP contribution < -0.4 is 11.1 Å². The van der Waals surface area contributed by atoms with E-state index in [-0.39, 0.29) is 5.54 Å². The van der Waals surface area contributed by atoms with E-state index in [1.54, 1.807) is 7.11 Å². The minimum Gasteiger partial charge on any atom is -0.389 e. The van der Waals surface area contributed by atoms with Crippen LogP contribution >= 0.6 is 12.2 Å². The quantitative estimate of drug-likeness (QED) is 0.790. The Hall–Kier alpha value is -1.13. The summed E-state index contributed by atoms with van der Waals surface area (Å²) in [7, 11) is 1.70. The summed E-state index contributed by atoms with van der Waals surface area (Å²) < 4.78 is 5.17. The number of hydrogen-bond donors (Lipinski definition) is 2. The normalized spacial score (nSPS) is 11.3. The van der Waals surface area contributed by atoms with Gasteiger partial charge >= 0.3 is 0 Å². The lowest BCUT2D eigenvalue weighted by molar-refractivity contribution is 0.158. The minimum atomic E-state index is -0.105. The Labute approximate surface area is 108 Å². The number of hydrogen-bond acceptors (Lipinski definition) is 3. The molecule has 1 aromatic rings. The fourth-order valence-electron chi connectivity index (χ4n) is 1.81. The molecule has 0 heterocycles. The van der Waals surface area contributed by atoms with Crippen LogP contribution in [-0.4, -0.2) is 24.2 Å². The molecule has 0 aliphatic heterocycles. The van der Waals surface area contributed by atoms with Crippen LogP contribution in [0.1, 0.15) is 25.0 Å². The van der Waals surface area contributed by atoms with Crippen LogP contribution in [-0.2, 0) is 4.74 Å². The maximum atomic E-state index is 5.63. The zero-order valence-electron chi connectivity index (χ0n) is 10.8. The Kier molecular flexibility index (Phi) is 4.48. The van der Waals surface area contributed by atoms with E-state index in [1.165, 1.54) is 0 Å². The van der Waals surface area contributed by atoms with Crippen LogP contribution in [0.25, 0.3) is 0 Å². The van der Waals surface area contributed by atoms with Crippen LogP contribution in [0.5, 0.6) is 0 Å². The molecule has 0 aromatic heterocycles. The van der Waals surface area contributed by atoms with Crippen molar-refractivity contribution >= 4 is 22.9 Å². The molecule has 0 saturated heterocycles. The van der Waals surface area contributed by atoms with Crippen LogP contribution in [0.2, 0.25) is 0 Å². The van der Waals surface area contributed by atoms with Gasteiger partial charge in [-0.25, -0.2) is 0 Å². The summed E-state index contributed by atoms with van der Waals surface area (Å²) in [6.45, 7) is 6.83. The van der Waals surface area contributed by atoms with Crippen LogP contribution in [0.3, 0.4) is 0 Å². The van der Waals surface area contributed by atoms with E-state index < -0.39 is 0 Å². The van der Waals surface area contributed by atoms with Crippen LogP contribution in [0.4, 0.5) is 5.69 Å². The van der Waals surface area contributed by atoms with Gasteiger partial charge in [-0.1, -0.05) is 12.2 Å². The van der Waals surface area contributed by atoms with Crippen molar-refractivity contribution in [2.45, 2.75) is 26.3 Å². The van der Waals surface area contributed by atoms with Crippen molar-refractivity contribution < 1.29 is 4.74 Å². The number of ether oxygens (including phenoxy) is 1. The van der Waals surface area contributed by atoms with E-state index in [1.807, 2.05) is 25.1 Å². The van der Waals surface area contributed by atoms with E-state index in [0.29, 0.717) is 11.6 Å². The molecule has 0 atom stereocenters. The third-order valence-electron chi connectivity index (χ3n) is 2.48. The number of thiocarbonyl (C=S) groups is 1. The molecule has 0 amide bonds. The van der Waals surface area contributed by atoms with Crippen LogP contribution in [0, 0.1) is 6.92 Å². The molecule has 0 fully saturated rings. The average Bonchev–Trinajstić information content (AvgIpc) is 2.15. The number of nitrogens with two attached hydrogens (primary N) is 1. The van der Waals surface area contributed by atoms with Crippen molar-refractivity contribution in [1.82, 2.24) is 0 Å². The van der Waals surface area contributed by atoms with E-state index >= 15 is 0 Å². The topological polar surface area (TPSA) is 47.3 Å². The highest BCUT2D eigenvalue weighted by atomic mass is 32.1. The summed E-state index contributed by atoms with van der Waals surface area (Å²) in [5.41, 5.74) is 8.58. The second-order valence-electron chi connectivity index (χ2n) is 4.84. The molecular weight excluding hydrogens is 232 g/mol. The first-order chi connectivity index (χ1) is 7.85. The number of anilines is 1. The second kappa shape index (κ2) is 5.47. The van der Waals surface area contributed by atoms with Crippen molar-refractivity contribution in [3.05, 3.63) is 29.3 Å². The first-order valence-corrected chi connectivity index (χ1v) is 5.94. The summed E-state index contributed by atoms with van der Waals surface area (Å²) in [5.74, 6) is 0. The number of benzene rings is 1. The smallest absolute Gasteiger partial charge is 0.104 e. The summed E-state index contributed by atoms with van der Waals surface area (Å²) in [4.78, 5) is 0.435. The molecule has 0 saturated carbocycles. The second-order valence-corrected chi connectivity index (χ2v) is 5.28. The van der Waals surface area contributed by atoms with Gasteiger partial charge in [-0.05, 0) is 44.5 Å². The molecular formula is C13H20N2OS. The fourth-order valence-corrected chi connectivity index (χ4v) is 2.03. The molecule has 94 valence electrons. The molecule has 1 aromatic carbocycles. The third kappa shape index (κ3) is 3.98. The summed E-state index contributed by atoms with van der Waals surface area (Å²) in [5, 5.41) is 3.42. The molecule has 4 heteroatoms. The Bertz CT molecular complexity index is 416. The standard InChI is InChI=1S/C13H20N2OS/c1-9-7-10(5-6-11(9)12(14)17)15-13(2,3)8-16-4/h5-7,15H,8H2,1-4H3,(H2,14,17). The molecule has 0 aliphatic carbocycles. The molecule has 17 heavy (non-hydrogen) atoms. The molecule has 1 rings (SSSR count). The summed E-state index contributed by atoms with van der Waals surface area (Å²) >= 11 is 4.98. The van der Waals surface area contributed by atoms with E-state index in [9.17, 15) is 0 Å². The van der Waals surface area contributed by atoms with Gasteiger partial charge in [0.05, 0.1) is 12.1 Å². The van der Waals surface area contributed by atoms with E-state index in [2.05, 4.69) is 19.2 Å². The molecule has 0 bridgehead atoms. The van der Waals surface area contributed by atoms with Gasteiger partial charge in [-0.15, -0.1) is 0 Å². The number of aryl methyl sites for hydroxylation is 1. The van der Waals surface area contributed by atoms with Gasteiger partial charge < -0.3 is 15.8 Å². The van der Waals surface area contributed by atoms with Gasteiger partial charge in [0, 0.05) is 18.4 Å². The molecule has 3 N–H and O–H groups in total. The lowest BCUT2D eigenvalue weighted by atomic mass is 10.0. The maximum Gasteiger partial charge on any atom is 0.104 e. The lowest BCUT2D eigenvalue weighted by Gasteiger charge is -2.27. The van der Waals surface area contributed by atoms with Crippen LogP contribution in [0.15, 0.2) is 18.2 Å². The highest BCUT2D eigenvalue weighted by Gasteiger charge is 2.17. The largest absolute Gasteiger partial charge is 0.389 e. The predicted octanol–water partition coefficient (Wildman–Crippen LogP) is 2.47. The monoisotopic (exact) mass is 252 g/mol. The number of rotatable bonds is 5. The van der Waals surface area contributed by atoms with Gasteiger partial charge in [0.2, 0.25) is 0 Å². The van der Waals surface area contributed by atoms with E-state index in [0.717, 1.165) is 16.8 Å². The Balaban J connectivity index is 2.88. The first kappa shape index (κ1) is 13.9. The summed E-state index contributed by atoms with van der Waals surface area (Å²) in [6.07, 6.45) is 0. The highest BCUT2D eigenvalue weighted by molar-refractivity contribution is 7.80. The van der Waals surface area contributed by atoms with Crippen molar-refractivity contribution in [1.29, 1.82) is 0 Å². The molecule has 0 radical (unpaired) electrons. The maximum absolute atomic E-state index is 5.63. The SMILES string of the molecule is COCC(C)(C)Nc1ccc(C(N)=S)c(C)c1. The average molecular weight is 252 g/mol. The Morgan fingerprint density at radius 1 is 1.47 bits per heavy atom. The molecule has 3 nitrogen and oxygen atoms in total. The first-order valence-electron chi connectivity index (χ1n) is 5.53. The molecule has 0 unspecified atom stereocenters. The zero-order valence-corrected chi connectivity index (χ0v) is 11.6. The van der Waals surface area contributed by atoms with Gasteiger partial charge in [0.25, 0.3) is 0 Å². The minimum absolute atomic E-state index is 0.105. The van der Waals surface area contributed by atoms with Gasteiger partial charge in [0.1, 0.15) is 4.99 Å². The lowest BCUT2D eigenvalue weighted by Crippen LogP contribution is -2.35. The zero-order chi connectivity index (χ0) is 13.1.